The molecule has 0 unspecified atom stereocenters. The van der Waals surface area contributed by atoms with Crippen molar-refractivity contribution in [1.29, 1.82) is 0 Å². The molecule has 16 heavy (non-hydrogen) atoms. The van der Waals surface area contributed by atoms with E-state index in [2.05, 4.69) is 56.3 Å². The molecule has 0 heteroatoms. The Kier molecular flexibility index (Phi) is 2.07. The molecule has 0 saturated heterocycles. The second kappa shape index (κ2) is 3.35. The number of hydrogen-bond donors (Lipinski definition) is 0. The van der Waals surface area contributed by atoms with Gasteiger partial charge in [-0.05, 0) is 40.5 Å². The highest BCUT2D eigenvalue weighted by molar-refractivity contribution is 5.87. The van der Waals surface area contributed by atoms with Crippen LogP contribution in [-0.4, -0.2) is 0 Å². The Morgan fingerprint density at radius 3 is 2.31 bits per heavy atom. The van der Waals surface area contributed by atoms with E-state index in [9.17, 15) is 0 Å². The zero-order valence-electron chi connectivity index (χ0n) is 10.0. The van der Waals surface area contributed by atoms with Crippen molar-refractivity contribution in [2.45, 2.75) is 32.1 Å². The summed E-state index contributed by atoms with van der Waals surface area (Å²) in [5, 5.41) is 2.84. The minimum atomic E-state index is 0.473. The van der Waals surface area contributed by atoms with Crippen LogP contribution in [0.25, 0.3) is 10.8 Å². The minimum absolute atomic E-state index is 0.473. The van der Waals surface area contributed by atoms with Crippen molar-refractivity contribution in [3.8, 4) is 0 Å². The average molecular weight is 210 g/mol. The van der Waals surface area contributed by atoms with Gasteiger partial charge >= 0.3 is 0 Å². The van der Waals surface area contributed by atoms with Crippen LogP contribution < -0.4 is 0 Å². The molecule has 0 radical (unpaired) electrons. The lowest BCUT2D eigenvalue weighted by Crippen LogP contribution is -2.14. The predicted octanol–water partition coefficient (Wildman–Crippen LogP) is 4.53. The van der Waals surface area contributed by atoms with E-state index in [-0.39, 0.29) is 0 Å². The molecule has 0 amide bonds. The maximum absolute atomic E-state index is 2.36. The lowest BCUT2D eigenvalue weighted by atomic mass is 9.82. The third-order valence-corrected chi connectivity index (χ3v) is 4.22. The van der Waals surface area contributed by atoms with Gasteiger partial charge < -0.3 is 0 Å². The number of rotatable bonds is 2. The Balaban J connectivity index is 2.25. The van der Waals surface area contributed by atoms with Gasteiger partial charge in [0.15, 0.2) is 0 Å². The fraction of sp³-hybridized carbons (Fsp3) is 0.375. The van der Waals surface area contributed by atoms with Crippen LogP contribution in [0.15, 0.2) is 42.5 Å². The molecule has 0 nitrogen and oxygen atoms in total. The first-order chi connectivity index (χ1) is 7.74. The first-order valence-electron chi connectivity index (χ1n) is 6.22. The molecular weight excluding hydrogens is 192 g/mol. The Morgan fingerprint density at radius 2 is 1.62 bits per heavy atom. The van der Waals surface area contributed by atoms with Crippen molar-refractivity contribution in [3.05, 3.63) is 48.0 Å². The number of fused-ring (bicyclic) bond motifs is 1. The molecule has 1 saturated carbocycles. The lowest BCUT2D eigenvalue weighted by Gasteiger charge is -2.22. The lowest BCUT2D eigenvalue weighted by molar-refractivity contribution is 0.484. The third-order valence-electron chi connectivity index (χ3n) is 4.22. The van der Waals surface area contributed by atoms with Gasteiger partial charge in [-0.15, -0.1) is 0 Å². The molecule has 0 bridgehead atoms. The van der Waals surface area contributed by atoms with Crippen LogP contribution in [0.1, 0.15) is 32.3 Å². The summed E-state index contributed by atoms with van der Waals surface area (Å²) in [6.07, 6.45) is 2.72. The van der Waals surface area contributed by atoms with Crippen molar-refractivity contribution in [1.82, 2.24) is 0 Å². The first-order valence-corrected chi connectivity index (χ1v) is 6.22. The maximum atomic E-state index is 2.36. The highest BCUT2D eigenvalue weighted by Crippen LogP contribution is 2.55. The number of benzene rings is 2. The van der Waals surface area contributed by atoms with Crippen molar-refractivity contribution < 1.29 is 0 Å². The zero-order valence-corrected chi connectivity index (χ0v) is 10.0. The van der Waals surface area contributed by atoms with Gasteiger partial charge in [0, 0.05) is 0 Å². The maximum Gasteiger partial charge on any atom is -0.00172 e. The van der Waals surface area contributed by atoms with E-state index in [1.54, 1.807) is 5.56 Å². The van der Waals surface area contributed by atoms with Crippen LogP contribution in [0, 0.1) is 5.92 Å². The van der Waals surface area contributed by atoms with Gasteiger partial charge in [-0.1, -0.05) is 56.3 Å². The van der Waals surface area contributed by atoms with Gasteiger partial charge in [0.2, 0.25) is 0 Å². The van der Waals surface area contributed by atoms with Gasteiger partial charge in [0.25, 0.3) is 0 Å². The highest BCUT2D eigenvalue weighted by atomic mass is 14.5. The molecule has 0 aliphatic heterocycles. The molecule has 2 aromatic carbocycles. The summed E-state index contributed by atoms with van der Waals surface area (Å²) in [6, 6.07) is 15.5. The number of hydrogen-bond acceptors (Lipinski definition) is 0. The molecule has 1 aliphatic rings. The van der Waals surface area contributed by atoms with E-state index in [0.29, 0.717) is 5.41 Å². The molecule has 0 atom stereocenters. The summed E-state index contributed by atoms with van der Waals surface area (Å²) >= 11 is 0. The predicted molar refractivity (Wildman–Crippen MR) is 69.7 cm³/mol. The average Bonchev–Trinajstić information content (AvgIpc) is 3.09. The minimum Gasteiger partial charge on any atom is -0.0619 e. The third kappa shape index (κ3) is 1.29. The van der Waals surface area contributed by atoms with Gasteiger partial charge in [-0.3, -0.25) is 0 Å². The quantitative estimate of drug-likeness (QED) is 0.683. The highest BCUT2D eigenvalue weighted by Gasteiger charge is 2.47. The summed E-state index contributed by atoms with van der Waals surface area (Å²) in [4.78, 5) is 0. The van der Waals surface area contributed by atoms with E-state index < -0.39 is 0 Å². The van der Waals surface area contributed by atoms with E-state index >= 15 is 0 Å². The smallest absolute Gasteiger partial charge is 0.00172 e. The fourth-order valence-electron chi connectivity index (χ4n) is 2.95. The van der Waals surface area contributed by atoms with Crippen molar-refractivity contribution in [2.75, 3.05) is 0 Å². The summed E-state index contributed by atoms with van der Waals surface area (Å²) in [5.74, 6) is 0.748. The van der Waals surface area contributed by atoms with Crippen LogP contribution in [0.4, 0.5) is 0 Å². The molecule has 82 valence electrons. The Bertz CT molecular complexity index is 513. The second-order valence-electron chi connectivity index (χ2n) is 5.34. The van der Waals surface area contributed by atoms with Gasteiger partial charge in [0.1, 0.15) is 0 Å². The molecule has 0 spiro atoms. The molecular formula is C16H18. The SMILES string of the molecule is CC(C)C1(c2cccc3ccccc23)CC1. The molecule has 3 rings (SSSR count). The van der Waals surface area contributed by atoms with Crippen molar-refractivity contribution in [3.63, 3.8) is 0 Å². The molecule has 2 aromatic rings. The van der Waals surface area contributed by atoms with E-state index in [1.807, 2.05) is 0 Å². The summed E-state index contributed by atoms with van der Waals surface area (Å²) < 4.78 is 0. The Morgan fingerprint density at radius 1 is 0.938 bits per heavy atom. The van der Waals surface area contributed by atoms with Crippen molar-refractivity contribution in [2.24, 2.45) is 5.92 Å². The standard InChI is InChI=1S/C16H18/c1-12(2)16(10-11-16)15-9-5-7-13-6-3-4-8-14(13)15/h3-9,12H,10-11H2,1-2H3. The molecule has 1 fully saturated rings. The van der Waals surface area contributed by atoms with Crippen LogP contribution in [0.3, 0.4) is 0 Å². The Hall–Kier alpha value is -1.30. The Labute approximate surface area is 97.3 Å². The second-order valence-corrected chi connectivity index (χ2v) is 5.34. The first kappa shape index (κ1) is 9.89. The van der Waals surface area contributed by atoms with Gasteiger partial charge in [-0.2, -0.15) is 0 Å². The van der Waals surface area contributed by atoms with Gasteiger partial charge in [0.05, 0.1) is 0 Å². The molecule has 1 aliphatic carbocycles. The molecule has 0 N–H and O–H groups in total. The zero-order chi connectivity index (χ0) is 11.2. The molecule has 0 aromatic heterocycles. The largest absolute Gasteiger partial charge is 0.0619 e. The van der Waals surface area contributed by atoms with Crippen LogP contribution >= 0.6 is 0 Å². The summed E-state index contributed by atoms with van der Waals surface area (Å²) in [7, 11) is 0. The van der Waals surface area contributed by atoms with Crippen LogP contribution in [0.2, 0.25) is 0 Å². The molecule has 0 heterocycles. The van der Waals surface area contributed by atoms with Crippen molar-refractivity contribution >= 4 is 10.8 Å². The monoisotopic (exact) mass is 210 g/mol. The van der Waals surface area contributed by atoms with Crippen LogP contribution in [-0.2, 0) is 5.41 Å². The van der Waals surface area contributed by atoms with E-state index in [1.165, 1.54) is 23.6 Å². The summed E-state index contributed by atoms with van der Waals surface area (Å²) in [5.41, 5.74) is 2.04. The van der Waals surface area contributed by atoms with E-state index in [0.717, 1.165) is 5.92 Å². The van der Waals surface area contributed by atoms with Crippen LogP contribution in [0.5, 0.6) is 0 Å². The normalized spacial score (nSPS) is 17.9. The topological polar surface area (TPSA) is 0 Å². The summed E-state index contributed by atoms with van der Waals surface area (Å²) in [6.45, 7) is 4.71. The van der Waals surface area contributed by atoms with E-state index in [4.69, 9.17) is 0 Å². The fourth-order valence-corrected chi connectivity index (χ4v) is 2.95. The van der Waals surface area contributed by atoms with Gasteiger partial charge in [-0.25, -0.2) is 0 Å².